The summed E-state index contributed by atoms with van der Waals surface area (Å²) in [6.45, 7) is 5.61. The molecule has 1 aliphatic carbocycles. The minimum atomic E-state index is -0.483. The third-order valence-corrected chi connectivity index (χ3v) is 3.83. The quantitative estimate of drug-likeness (QED) is 0.883. The Labute approximate surface area is 126 Å². The zero-order valence-corrected chi connectivity index (χ0v) is 13.3. The maximum absolute atomic E-state index is 12.0. The summed E-state index contributed by atoms with van der Waals surface area (Å²) in [5.41, 5.74) is -0.483. The molecule has 1 fully saturated rings. The number of carbonyl (C=O) groups is 1. The van der Waals surface area contributed by atoms with Crippen molar-refractivity contribution >= 4 is 6.09 Å². The number of nitrogens with one attached hydrogen (secondary N) is 2. The molecule has 1 saturated carbocycles. The second-order valence-electron chi connectivity index (χ2n) is 6.91. The summed E-state index contributed by atoms with van der Waals surface area (Å²) in [5.74, 6) is 1.47. The summed E-state index contributed by atoms with van der Waals surface area (Å²) in [6, 6.07) is -0.0991. The smallest absolute Gasteiger partial charge is 0.408 e. The molecular formula is C16H27N3O2. The molecule has 2 rings (SSSR count). The van der Waals surface area contributed by atoms with Gasteiger partial charge in [-0.15, -0.1) is 0 Å². The fraction of sp³-hybridized carbons (Fsp3) is 0.750. The highest BCUT2D eigenvalue weighted by Crippen LogP contribution is 2.31. The van der Waals surface area contributed by atoms with Gasteiger partial charge in [0.2, 0.25) is 0 Å². The molecule has 5 heteroatoms. The molecule has 0 saturated heterocycles. The number of rotatable bonds is 4. The van der Waals surface area contributed by atoms with Crippen LogP contribution in [0.25, 0.3) is 0 Å². The zero-order valence-electron chi connectivity index (χ0n) is 13.3. The normalized spacial score (nSPS) is 18.2. The van der Waals surface area contributed by atoms with Crippen molar-refractivity contribution in [3.63, 3.8) is 0 Å². The lowest BCUT2D eigenvalue weighted by Crippen LogP contribution is -2.36. The van der Waals surface area contributed by atoms with Crippen molar-refractivity contribution < 1.29 is 9.53 Å². The minimum Gasteiger partial charge on any atom is -0.444 e. The van der Waals surface area contributed by atoms with Crippen molar-refractivity contribution in [1.29, 1.82) is 0 Å². The first-order valence-corrected chi connectivity index (χ1v) is 7.93. The van der Waals surface area contributed by atoms with E-state index in [1.807, 2.05) is 20.8 Å². The number of carbonyl (C=O) groups excluding carboxylic acids is 1. The molecule has 0 aliphatic heterocycles. The lowest BCUT2D eigenvalue weighted by molar-refractivity contribution is 0.0491. The number of alkyl carbamates (subject to hydrolysis) is 1. The van der Waals surface area contributed by atoms with Crippen LogP contribution in [0.4, 0.5) is 4.79 Å². The van der Waals surface area contributed by atoms with Crippen LogP contribution in [0, 0.1) is 5.92 Å². The van der Waals surface area contributed by atoms with E-state index in [0.29, 0.717) is 5.92 Å². The van der Waals surface area contributed by atoms with E-state index >= 15 is 0 Å². The number of aromatic amines is 1. The zero-order chi connectivity index (χ0) is 15.3. The van der Waals surface area contributed by atoms with Crippen molar-refractivity contribution in [2.45, 2.75) is 70.9 Å². The Hall–Kier alpha value is -1.52. The fourth-order valence-corrected chi connectivity index (χ4v) is 2.91. The molecule has 1 heterocycles. The van der Waals surface area contributed by atoms with E-state index < -0.39 is 5.60 Å². The van der Waals surface area contributed by atoms with Crippen LogP contribution in [0.15, 0.2) is 12.4 Å². The number of imidazole rings is 1. The number of hydrogen-bond donors (Lipinski definition) is 2. The van der Waals surface area contributed by atoms with E-state index in [-0.39, 0.29) is 12.1 Å². The Kier molecular flexibility index (Phi) is 5.26. The van der Waals surface area contributed by atoms with Crippen LogP contribution < -0.4 is 5.32 Å². The summed E-state index contributed by atoms with van der Waals surface area (Å²) in [6.07, 6.45) is 10.5. The van der Waals surface area contributed by atoms with Gasteiger partial charge in [0.05, 0.1) is 6.04 Å². The van der Waals surface area contributed by atoms with E-state index in [0.717, 1.165) is 12.2 Å². The lowest BCUT2D eigenvalue weighted by Gasteiger charge is -2.27. The van der Waals surface area contributed by atoms with Crippen molar-refractivity contribution in [3.05, 3.63) is 18.2 Å². The largest absolute Gasteiger partial charge is 0.444 e. The monoisotopic (exact) mass is 293 g/mol. The molecule has 5 nitrogen and oxygen atoms in total. The maximum Gasteiger partial charge on any atom is 0.408 e. The maximum atomic E-state index is 12.0. The van der Waals surface area contributed by atoms with Crippen LogP contribution in [0.2, 0.25) is 0 Å². The lowest BCUT2D eigenvalue weighted by atomic mass is 9.84. The Morgan fingerprint density at radius 3 is 2.71 bits per heavy atom. The molecule has 21 heavy (non-hydrogen) atoms. The number of aromatic nitrogens is 2. The highest BCUT2D eigenvalue weighted by Gasteiger charge is 2.25. The van der Waals surface area contributed by atoms with Crippen LogP contribution in [0.1, 0.15) is 71.2 Å². The summed E-state index contributed by atoms with van der Waals surface area (Å²) >= 11 is 0. The molecule has 1 atom stereocenters. The average molecular weight is 293 g/mol. The van der Waals surface area contributed by atoms with Gasteiger partial charge in [0.15, 0.2) is 0 Å². The van der Waals surface area contributed by atoms with Gasteiger partial charge < -0.3 is 15.0 Å². The molecule has 0 bridgehead atoms. The summed E-state index contributed by atoms with van der Waals surface area (Å²) in [5, 5.41) is 2.97. The topological polar surface area (TPSA) is 67.0 Å². The van der Waals surface area contributed by atoms with E-state index in [2.05, 4.69) is 15.3 Å². The highest BCUT2D eigenvalue weighted by atomic mass is 16.6. The average Bonchev–Trinajstić information content (AvgIpc) is 2.90. The molecule has 0 radical (unpaired) electrons. The van der Waals surface area contributed by atoms with Crippen LogP contribution in [0.3, 0.4) is 0 Å². The molecule has 0 aromatic carbocycles. The summed E-state index contributed by atoms with van der Waals surface area (Å²) < 4.78 is 5.36. The third kappa shape index (κ3) is 5.40. The van der Waals surface area contributed by atoms with Crippen molar-refractivity contribution in [1.82, 2.24) is 15.3 Å². The number of H-pyrrole nitrogens is 1. The van der Waals surface area contributed by atoms with E-state index in [1.165, 1.54) is 32.1 Å². The van der Waals surface area contributed by atoms with Gasteiger partial charge in [0, 0.05) is 12.4 Å². The van der Waals surface area contributed by atoms with E-state index in [1.54, 1.807) is 12.4 Å². The Bertz CT molecular complexity index is 431. The van der Waals surface area contributed by atoms with Crippen LogP contribution in [-0.4, -0.2) is 21.7 Å². The fourth-order valence-electron chi connectivity index (χ4n) is 2.91. The molecule has 1 aromatic rings. The molecule has 0 spiro atoms. The van der Waals surface area contributed by atoms with Gasteiger partial charge in [-0.05, 0) is 33.1 Å². The molecule has 0 unspecified atom stereocenters. The molecular weight excluding hydrogens is 266 g/mol. The SMILES string of the molecule is CC(C)(C)OC(=O)N[C@H](CC1CCCCC1)c1ncc[nH]1. The van der Waals surface area contributed by atoms with Gasteiger partial charge in [-0.1, -0.05) is 32.1 Å². The second-order valence-corrected chi connectivity index (χ2v) is 6.91. The summed E-state index contributed by atoms with van der Waals surface area (Å²) in [7, 11) is 0. The highest BCUT2D eigenvalue weighted by molar-refractivity contribution is 5.68. The van der Waals surface area contributed by atoms with Gasteiger partial charge in [0.25, 0.3) is 0 Å². The molecule has 1 amide bonds. The van der Waals surface area contributed by atoms with Crippen molar-refractivity contribution in [2.24, 2.45) is 5.92 Å². The van der Waals surface area contributed by atoms with Gasteiger partial charge in [0.1, 0.15) is 11.4 Å². The van der Waals surface area contributed by atoms with Crippen molar-refractivity contribution in [3.8, 4) is 0 Å². The Balaban J connectivity index is 1.97. The number of amides is 1. The standard InChI is InChI=1S/C16H27N3O2/c1-16(2,3)21-15(20)19-13(14-17-9-10-18-14)11-12-7-5-4-6-8-12/h9-10,12-13H,4-8,11H2,1-3H3,(H,17,18)(H,19,20)/t13-/m1/s1. The van der Waals surface area contributed by atoms with Crippen LogP contribution in [-0.2, 0) is 4.74 Å². The van der Waals surface area contributed by atoms with Gasteiger partial charge in [-0.25, -0.2) is 9.78 Å². The van der Waals surface area contributed by atoms with Crippen molar-refractivity contribution in [2.75, 3.05) is 0 Å². The first-order chi connectivity index (χ1) is 9.94. The first-order valence-electron chi connectivity index (χ1n) is 7.93. The molecule has 1 aliphatic rings. The van der Waals surface area contributed by atoms with Gasteiger partial charge >= 0.3 is 6.09 Å². The molecule has 2 N–H and O–H groups in total. The summed E-state index contributed by atoms with van der Waals surface area (Å²) in [4.78, 5) is 19.5. The number of ether oxygens (including phenoxy) is 1. The minimum absolute atomic E-state index is 0.0991. The predicted octanol–water partition coefficient (Wildman–Crippen LogP) is 3.95. The molecule has 118 valence electrons. The molecule has 1 aromatic heterocycles. The third-order valence-electron chi connectivity index (χ3n) is 3.83. The van der Waals surface area contributed by atoms with E-state index in [4.69, 9.17) is 4.74 Å². The Morgan fingerprint density at radius 1 is 1.43 bits per heavy atom. The number of nitrogens with zero attached hydrogens (tertiary/aromatic N) is 1. The van der Waals surface area contributed by atoms with Crippen LogP contribution >= 0.6 is 0 Å². The van der Waals surface area contributed by atoms with Gasteiger partial charge in [-0.3, -0.25) is 0 Å². The predicted molar refractivity (Wildman–Crippen MR) is 81.9 cm³/mol. The Morgan fingerprint density at radius 2 is 2.14 bits per heavy atom. The first kappa shape index (κ1) is 15.9. The number of hydrogen-bond acceptors (Lipinski definition) is 3. The van der Waals surface area contributed by atoms with Crippen LogP contribution in [0.5, 0.6) is 0 Å². The van der Waals surface area contributed by atoms with Gasteiger partial charge in [-0.2, -0.15) is 0 Å². The van der Waals surface area contributed by atoms with E-state index in [9.17, 15) is 4.79 Å². The second kappa shape index (κ2) is 6.96.